The third-order valence-corrected chi connectivity index (χ3v) is 4.31. The van der Waals surface area contributed by atoms with Crippen LogP contribution in [0.2, 0.25) is 0 Å². The zero-order valence-corrected chi connectivity index (χ0v) is 13.0. The average Bonchev–Trinajstić information content (AvgIpc) is 2.93. The van der Waals surface area contributed by atoms with Crippen LogP contribution < -0.4 is 11.1 Å². The van der Waals surface area contributed by atoms with Crippen LogP contribution in [0.5, 0.6) is 0 Å². The number of nitrogen functional groups attached to an aromatic ring is 1. The number of anilines is 1. The van der Waals surface area contributed by atoms with Crippen molar-refractivity contribution in [1.82, 2.24) is 5.32 Å². The van der Waals surface area contributed by atoms with E-state index in [-0.39, 0.29) is 11.8 Å². The fourth-order valence-electron chi connectivity index (χ4n) is 2.92. The van der Waals surface area contributed by atoms with Gasteiger partial charge in [-0.15, -0.1) is 0 Å². The van der Waals surface area contributed by atoms with Crippen molar-refractivity contribution in [2.75, 3.05) is 18.9 Å². The molecule has 3 unspecified atom stereocenters. The van der Waals surface area contributed by atoms with Crippen molar-refractivity contribution < 1.29 is 9.53 Å². The molecule has 1 aliphatic heterocycles. The zero-order chi connectivity index (χ0) is 15.2. The van der Waals surface area contributed by atoms with Gasteiger partial charge in [0, 0.05) is 31.2 Å². The van der Waals surface area contributed by atoms with Crippen LogP contribution in [0.4, 0.5) is 5.69 Å². The molecule has 3 atom stereocenters. The fourth-order valence-corrected chi connectivity index (χ4v) is 2.92. The number of rotatable bonds is 6. The summed E-state index contributed by atoms with van der Waals surface area (Å²) >= 11 is 0. The maximum Gasteiger partial charge on any atom is 0.220 e. The van der Waals surface area contributed by atoms with Gasteiger partial charge in [-0.1, -0.05) is 26.0 Å². The van der Waals surface area contributed by atoms with Gasteiger partial charge in [0.2, 0.25) is 5.91 Å². The first-order valence-electron chi connectivity index (χ1n) is 7.84. The number of hydrogen-bond acceptors (Lipinski definition) is 3. The molecule has 0 bridgehead atoms. The Labute approximate surface area is 127 Å². The summed E-state index contributed by atoms with van der Waals surface area (Å²) in [6.07, 6.45) is 2.88. The summed E-state index contributed by atoms with van der Waals surface area (Å²) in [6.45, 7) is 5.75. The number of benzene rings is 1. The average molecular weight is 290 g/mol. The summed E-state index contributed by atoms with van der Waals surface area (Å²) < 4.78 is 5.65. The van der Waals surface area contributed by atoms with Gasteiger partial charge in [-0.2, -0.15) is 0 Å². The first-order chi connectivity index (χ1) is 10.1. The Bertz CT molecular complexity index is 458. The van der Waals surface area contributed by atoms with Crippen molar-refractivity contribution in [2.24, 2.45) is 5.92 Å². The van der Waals surface area contributed by atoms with E-state index in [1.165, 1.54) is 0 Å². The van der Waals surface area contributed by atoms with Gasteiger partial charge in [-0.25, -0.2) is 0 Å². The second kappa shape index (κ2) is 7.46. The largest absolute Gasteiger partial charge is 0.399 e. The van der Waals surface area contributed by atoms with Gasteiger partial charge in [0.05, 0.1) is 6.10 Å². The summed E-state index contributed by atoms with van der Waals surface area (Å²) in [4.78, 5) is 12.1. The van der Waals surface area contributed by atoms with Crippen LogP contribution in [-0.2, 0) is 9.53 Å². The Kier molecular flexibility index (Phi) is 5.62. The zero-order valence-electron chi connectivity index (χ0n) is 13.0. The number of nitrogens with one attached hydrogen (secondary N) is 1. The van der Waals surface area contributed by atoms with Gasteiger partial charge in [-0.3, -0.25) is 4.79 Å². The van der Waals surface area contributed by atoms with Gasteiger partial charge in [-0.05, 0) is 36.5 Å². The summed E-state index contributed by atoms with van der Waals surface area (Å²) in [6, 6.07) is 7.74. The molecule has 4 heteroatoms. The molecule has 3 N–H and O–H groups in total. The van der Waals surface area contributed by atoms with Crippen LogP contribution in [0, 0.1) is 5.92 Å². The minimum absolute atomic E-state index is 0.112. The molecular formula is C17H26N2O2. The monoisotopic (exact) mass is 290 g/mol. The molecule has 4 nitrogen and oxygen atoms in total. The van der Waals surface area contributed by atoms with Crippen LogP contribution in [0.25, 0.3) is 0 Å². The molecule has 21 heavy (non-hydrogen) atoms. The van der Waals surface area contributed by atoms with E-state index in [2.05, 4.69) is 19.2 Å². The molecule has 2 rings (SSSR count). The Hall–Kier alpha value is -1.55. The molecule has 116 valence electrons. The topological polar surface area (TPSA) is 64.3 Å². The highest BCUT2D eigenvalue weighted by molar-refractivity contribution is 5.76. The molecule has 1 aromatic rings. The van der Waals surface area contributed by atoms with E-state index in [4.69, 9.17) is 10.5 Å². The normalized spacial score (nSPS) is 23.0. The molecule has 0 saturated carbocycles. The molecule has 0 aromatic heterocycles. The van der Waals surface area contributed by atoms with Gasteiger partial charge < -0.3 is 15.8 Å². The molecule has 0 aliphatic carbocycles. The first kappa shape index (κ1) is 15.8. The van der Waals surface area contributed by atoms with Crippen molar-refractivity contribution in [3.63, 3.8) is 0 Å². The van der Waals surface area contributed by atoms with E-state index in [0.717, 1.165) is 37.2 Å². The van der Waals surface area contributed by atoms with E-state index in [1.807, 2.05) is 24.3 Å². The van der Waals surface area contributed by atoms with Gasteiger partial charge >= 0.3 is 0 Å². The molecule has 0 spiro atoms. The summed E-state index contributed by atoms with van der Waals surface area (Å²) in [7, 11) is 0. The lowest BCUT2D eigenvalue weighted by molar-refractivity contribution is -0.121. The molecule has 1 saturated heterocycles. The third-order valence-electron chi connectivity index (χ3n) is 4.31. The number of amides is 1. The highest BCUT2D eigenvalue weighted by atomic mass is 16.5. The fraction of sp³-hybridized carbons (Fsp3) is 0.588. The highest BCUT2D eigenvalue weighted by Gasteiger charge is 2.26. The van der Waals surface area contributed by atoms with E-state index in [1.54, 1.807) is 0 Å². The second-order valence-electron chi connectivity index (χ2n) is 5.94. The third kappa shape index (κ3) is 4.46. The SMILES string of the molecule is CCC1OCCC1CNC(=O)CC(C)c1ccc(N)cc1. The summed E-state index contributed by atoms with van der Waals surface area (Å²) in [5, 5.41) is 3.06. The second-order valence-corrected chi connectivity index (χ2v) is 5.94. The summed E-state index contributed by atoms with van der Waals surface area (Å²) in [5.74, 6) is 0.777. The van der Waals surface area contributed by atoms with Crippen molar-refractivity contribution in [3.8, 4) is 0 Å². The Morgan fingerprint density at radius 2 is 2.14 bits per heavy atom. The maximum absolute atomic E-state index is 12.1. The molecular weight excluding hydrogens is 264 g/mol. The van der Waals surface area contributed by atoms with Crippen LogP contribution in [0.1, 0.15) is 44.6 Å². The van der Waals surface area contributed by atoms with Crippen LogP contribution in [-0.4, -0.2) is 25.2 Å². The van der Waals surface area contributed by atoms with Crippen LogP contribution >= 0.6 is 0 Å². The smallest absolute Gasteiger partial charge is 0.220 e. The van der Waals surface area contributed by atoms with E-state index in [0.29, 0.717) is 18.4 Å². The van der Waals surface area contributed by atoms with Crippen molar-refractivity contribution in [3.05, 3.63) is 29.8 Å². The number of carbonyl (C=O) groups is 1. The van der Waals surface area contributed by atoms with E-state index < -0.39 is 0 Å². The Balaban J connectivity index is 1.77. The lowest BCUT2D eigenvalue weighted by Gasteiger charge is -2.18. The van der Waals surface area contributed by atoms with Gasteiger partial charge in [0.25, 0.3) is 0 Å². The lowest BCUT2D eigenvalue weighted by Crippen LogP contribution is -2.33. The van der Waals surface area contributed by atoms with Gasteiger partial charge in [0.15, 0.2) is 0 Å². The molecule has 1 heterocycles. The minimum Gasteiger partial charge on any atom is -0.399 e. The number of ether oxygens (including phenoxy) is 1. The van der Waals surface area contributed by atoms with Crippen molar-refractivity contribution in [1.29, 1.82) is 0 Å². The highest BCUT2D eigenvalue weighted by Crippen LogP contribution is 2.23. The standard InChI is InChI=1S/C17H26N2O2/c1-3-16-14(8-9-21-16)11-19-17(20)10-12(2)13-4-6-15(18)7-5-13/h4-7,12,14,16H,3,8-11,18H2,1-2H3,(H,19,20). The van der Waals surface area contributed by atoms with Crippen molar-refractivity contribution in [2.45, 2.75) is 45.1 Å². The molecule has 1 amide bonds. The first-order valence-corrected chi connectivity index (χ1v) is 7.84. The van der Waals surface area contributed by atoms with Gasteiger partial charge in [0.1, 0.15) is 0 Å². The maximum atomic E-state index is 12.1. The number of nitrogens with two attached hydrogens (primary N) is 1. The Morgan fingerprint density at radius 3 is 2.81 bits per heavy atom. The predicted molar refractivity (Wildman–Crippen MR) is 85.0 cm³/mol. The lowest BCUT2D eigenvalue weighted by atomic mass is 9.96. The molecule has 1 fully saturated rings. The minimum atomic E-state index is 0.112. The van der Waals surface area contributed by atoms with Crippen LogP contribution in [0.15, 0.2) is 24.3 Å². The molecule has 1 aliphatic rings. The Morgan fingerprint density at radius 1 is 1.43 bits per heavy atom. The number of carbonyl (C=O) groups excluding carboxylic acids is 1. The van der Waals surface area contributed by atoms with Crippen molar-refractivity contribution >= 4 is 11.6 Å². The summed E-state index contributed by atoms with van der Waals surface area (Å²) in [5.41, 5.74) is 7.58. The molecule has 1 aromatic carbocycles. The molecule has 0 radical (unpaired) electrons. The number of hydrogen-bond donors (Lipinski definition) is 2. The quantitative estimate of drug-likeness (QED) is 0.792. The van der Waals surface area contributed by atoms with E-state index >= 15 is 0 Å². The predicted octanol–water partition coefficient (Wildman–Crippen LogP) is 2.69. The van der Waals surface area contributed by atoms with E-state index in [9.17, 15) is 4.79 Å². The van der Waals surface area contributed by atoms with Crippen LogP contribution in [0.3, 0.4) is 0 Å².